The van der Waals surface area contributed by atoms with Crippen molar-refractivity contribution < 1.29 is 23.4 Å². The van der Waals surface area contributed by atoms with E-state index in [1.807, 2.05) is 0 Å². The Labute approximate surface area is 128 Å². The minimum Gasteiger partial charge on any atom is -0.454 e. The molecule has 0 aromatic heterocycles. The molecule has 21 heavy (non-hydrogen) atoms. The summed E-state index contributed by atoms with van der Waals surface area (Å²) in [5, 5.41) is 10.2. The van der Waals surface area contributed by atoms with Crippen LogP contribution in [-0.2, 0) is 6.42 Å². The van der Waals surface area contributed by atoms with Gasteiger partial charge in [0.25, 0.3) is 0 Å². The fraction of sp³-hybridized carbons (Fsp3) is 0.200. The van der Waals surface area contributed by atoms with Gasteiger partial charge in [-0.15, -0.1) is 0 Å². The second-order valence-corrected chi connectivity index (χ2v) is 5.52. The zero-order chi connectivity index (χ0) is 15.0. The van der Waals surface area contributed by atoms with Gasteiger partial charge in [0.05, 0.1) is 10.6 Å². The molecule has 2 aromatic rings. The summed E-state index contributed by atoms with van der Waals surface area (Å²) in [6.45, 7) is 0.117. The van der Waals surface area contributed by atoms with E-state index < -0.39 is 17.7 Å². The molecule has 0 spiro atoms. The van der Waals surface area contributed by atoms with Gasteiger partial charge in [-0.1, -0.05) is 12.1 Å². The normalized spacial score (nSPS) is 14.3. The largest absolute Gasteiger partial charge is 0.454 e. The molecule has 3 nitrogen and oxygen atoms in total. The summed E-state index contributed by atoms with van der Waals surface area (Å²) in [5.74, 6) is -0.774. The Hall–Kier alpha value is -1.66. The molecule has 1 heterocycles. The van der Waals surface area contributed by atoms with Crippen LogP contribution < -0.4 is 9.47 Å². The number of aliphatic hydroxyl groups excluding tert-OH is 1. The van der Waals surface area contributed by atoms with E-state index >= 15 is 0 Å². The predicted octanol–water partition coefficient (Wildman–Crippen LogP) is 3.73. The van der Waals surface area contributed by atoms with Gasteiger partial charge in [0, 0.05) is 6.42 Å². The lowest BCUT2D eigenvalue weighted by Gasteiger charge is -2.13. The molecule has 0 radical (unpaired) electrons. The number of benzene rings is 2. The smallest absolute Gasteiger partial charge is 0.231 e. The fourth-order valence-corrected chi connectivity index (χ4v) is 2.79. The molecule has 0 amide bonds. The van der Waals surface area contributed by atoms with Crippen molar-refractivity contribution in [3.63, 3.8) is 0 Å². The Morgan fingerprint density at radius 3 is 2.86 bits per heavy atom. The Bertz CT molecular complexity index is 691. The Balaban J connectivity index is 1.87. The maximum Gasteiger partial charge on any atom is 0.231 e. The molecule has 1 aliphatic heterocycles. The molecular formula is C15H11BrF2O3. The second-order valence-electron chi connectivity index (χ2n) is 4.67. The van der Waals surface area contributed by atoms with Gasteiger partial charge in [0.1, 0.15) is 0 Å². The van der Waals surface area contributed by atoms with E-state index in [4.69, 9.17) is 9.47 Å². The Morgan fingerprint density at radius 1 is 1.24 bits per heavy atom. The first-order valence-electron chi connectivity index (χ1n) is 6.26. The third-order valence-electron chi connectivity index (χ3n) is 3.28. The first-order chi connectivity index (χ1) is 10.1. The lowest BCUT2D eigenvalue weighted by Crippen LogP contribution is -2.05. The van der Waals surface area contributed by atoms with Crippen LogP contribution in [0.2, 0.25) is 0 Å². The molecule has 6 heteroatoms. The first-order valence-corrected chi connectivity index (χ1v) is 7.05. The minimum absolute atomic E-state index is 0.0321. The number of hydrogen-bond donors (Lipinski definition) is 1. The second kappa shape index (κ2) is 5.61. The van der Waals surface area contributed by atoms with Gasteiger partial charge in [0.2, 0.25) is 6.79 Å². The summed E-state index contributed by atoms with van der Waals surface area (Å²) in [6, 6.07) is 7.21. The van der Waals surface area contributed by atoms with Crippen molar-refractivity contribution in [3.8, 4) is 11.5 Å². The van der Waals surface area contributed by atoms with E-state index in [0.717, 1.165) is 6.07 Å². The molecule has 0 aliphatic carbocycles. The molecular weight excluding hydrogens is 346 g/mol. The highest BCUT2D eigenvalue weighted by atomic mass is 79.9. The summed E-state index contributed by atoms with van der Waals surface area (Å²) in [7, 11) is 0. The van der Waals surface area contributed by atoms with Gasteiger partial charge >= 0.3 is 0 Å². The number of aliphatic hydroxyl groups is 1. The number of rotatable bonds is 3. The highest BCUT2D eigenvalue weighted by Gasteiger charge is 2.21. The van der Waals surface area contributed by atoms with Gasteiger partial charge < -0.3 is 14.6 Å². The van der Waals surface area contributed by atoms with Gasteiger partial charge in [-0.3, -0.25) is 0 Å². The molecule has 3 rings (SSSR count). The minimum atomic E-state index is -0.980. The maximum absolute atomic E-state index is 13.6. The van der Waals surface area contributed by atoms with E-state index in [1.54, 1.807) is 12.1 Å². The number of hydrogen-bond acceptors (Lipinski definition) is 3. The van der Waals surface area contributed by atoms with Crippen LogP contribution in [0.1, 0.15) is 17.2 Å². The number of halogens is 3. The zero-order valence-corrected chi connectivity index (χ0v) is 12.4. The van der Waals surface area contributed by atoms with E-state index in [2.05, 4.69) is 15.9 Å². The maximum atomic E-state index is 13.6. The van der Waals surface area contributed by atoms with Gasteiger partial charge in [0.15, 0.2) is 23.1 Å². The van der Waals surface area contributed by atoms with E-state index in [-0.39, 0.29) is 18.8 Å². The molecule has 1 N–H and O–H groups in total. The van der Waals surface area contributed by atoms with Crippen LogP contribution in [0.15, 0.2) is 34.8 Å². The highest BCUT2D eigenvalue weighted by Crippen LogP contribution is 2.41. The van der Waals surface area contributed by atoms with Crippen LogP contribution in [0.3, 0.4) is 0 Å². The van der Waals surface area contributed by atoms with Crippen LogP contribution in [0.25, 0.3) is 0 Å². The summed E-state index contributed by atoms with van der Waals surface area (Å²) in [5.41, 5.74) is 0.658. The molecule has 0 saturated carbocycles. The molecule has 1 aliphatic rings. The zero-order valence-electron chi connectivity index (χ0n) is 10.8. The van der Waals surface area contributed by atoms with E-state index in [1.165, 1.54) is 12.1 Å². The Kier molecular flexibility index (Phi) is 3.82. The third kappa shape index (κ3) is 2.73. The van der Waals surface area contributed by atoms with Crippen molar-refractivity contribution in [3.05, 3.63) is 57.6 Å². The van der Waals surface area contributed by atoms with Gasteiger partial charge in [-0.2, -0.15) is 0 Å². The van der Waals surface area contributed by atoms with Crippen LogP contribution in [0.4, 0.5) is 8.78 Å². The van der Waals surface area contributed by atoms with Gasteiger partial charge in [-0.05, 0) is 45.3 Å². The monoisotopic (exact) mass is 356 g/mol. The average molecular weight is 357 g/mol. The van der Waals surface area contributed by atoms with Crippen molar-refractivity contribution in [1.29, 1.82) is 0 Å². The average Bonchev–Trinajstić information content (AvgIpc) is 2.92. The highest BCUT2D eigenvalue weighted by molar-refractivity contribution is 9.10. The van der Waals surface area contributed by atoms with Crippen molar-refractivity contribution in [1.82, 2.24) is 0 Å². The SMILES string of the molecule is OC(Cc1cccc(F)c1F)c1cc(Br)c2c(c1)OCO2. The van der Waals surface area contributed by atoms with Crippen molar-refractivity contribution in [2.75, 3.05) is 6.79 Å². The molecule has 2 aromatic carbocycles. The van der Waals surface area contributed by atoms with Crippen molar-refractivity contribution in [2.45, 2.75) is 12.5 Å². The van der Waals surface area contributed by atoms with Crippen LogP contribution in [0.5, 0.6) is 11.5 Å². The first kappa shape index (κ1) is 14.3. The molecule has 0 saturated heterocycles. The van der Waals surface area contributed by atoms with Crippen LogP contribution in [0, 0.1) is 11.6 Å². The quantitative estimate of drug-likeness (QED) is 0.910. The fourth-order valence-electron chi connectivity index (χ4n) is 2.21. The number of fused-ring (bicyclic) bond motifs is 1. The lowest BCUT2D eigenvalue weighted by atomic mass is 10.0. The van der Waals surface area contributed by atoms with Crippen LogP contribution >= 0.6 is 15.9 Å². The lowest BCUT2D eigenvalue weighted by molar-refractivity contribution is 0.171. The molecule has 110 valence electrons. The van der Waals surface area contributed by atoms with E-state index in [9.17, 15) is 13.9 Å². The predicted molar refractivity (Wildman–Crippen MR) is 75.3 cm³/mol. The third-order valence-corrected chi connectivity index (χ3v) is 3.87. The van der Waals surface area contributed by atoms with Crippen molar-refractivity contribution >= 4 is 15.9 Å². The molecule has 0 bridgehead atoms. The van der Waals surface area contributed by atoms with Crippen LogP contribution in [-0.4, -0.2) is 11.9 Å². The molecule has 1 unspecified atom stereocenters. The summed E-state index contributed by atoms with van der Waals surface area (Å²) >= 11 is 3.33. The standard InChI is InChI=1S/C15H11BrF2O3/c16-10-4-9(6-13-15(10)21-7-20-13)12(19)5-8-2-1-3-11(17)14(8)18/h1-4,6,12,19H,5,7H2. The summed E-state index contributed by atoms with van der Waals surface area (Å²) in [6.07, 6.45) is -1.01. The molecule has 0 fully saturated rings. The number of ether oxygens (including phenoxy) is 2. The van der Waals surface area contributed by atoms with Crippen molar-refractivity contribution in [2.24, 2.45) is 0 Å². The summed E-state index contributed by atoms with van der Waals surface area (Å²) in [4.78, 5) is 0. The molecule has 1 atom stereocenters. The Morgan fingerprint density at radius 2 is 2.05 bits per heavy atom. The van der Waals surface area contributed by atoms with Gasteiger partial charge in [-0.25, -0.2) is 8.78 Å². The summed E-state index contributed by atoms with van der Waals surface area (Å²) < 4.78 is 38.0. The van der Waals surface area contributed by atoms with E-state index in [0.29, 0.717) is 21.5 Å². The topological polar surface area (TPSA) is 38.7 Å².